The second-order valence-electron chi connectivity index (χ2n) is 8.55. The summed E-state index contributed by atoms with van der Waals surface area (Å²) < 4.78 is 1.98. The number of carboxylic acid groups (broad SMARTS) is 1. The molecular formula is C24H27BrN2O3S. The number of benzene rings is 2. The first-order valence-corrected chi connectivity index (χ1v) is 11.8. The van der Waals surface area contributed by atoms with Crippen LogP contribution < -0.4 is 0 Å². The molecule has 1 N–H and O–H groups in total. The van der Waals surface area contributed by atoms with E-state index in [0.29, 0.717) is 11.1 Å². The number of halogens is 1. The number of thioether (sulfide) groups is 1. The van der Waals surface area contributed by atoms with E-state index in [9.17, 15) is 9.59 Å². The van der Waals surface area contributed by atoms with Crippen LogP contribution in [0, 0.1) is 5.92 Å². The summed E-state index contributed by atoms with van der Waals surface area (Å²) in [6, 6.07) is 12.5. The zero-order chi connectivity index (χ0) is 22.9. The van der Waals surface area contributed by atoms with E-state index in [1.165, 1.54) is 22.7 Å². The van der Waals surface area contributed by atoms with Crippen LogP contribution in [0.5, 0.6) is 0 Å². The van der Waals surface area contributed by atoms with Crippen molar-refractivity contribution in [3.63, 3.8) is 0 Å². The smallest absolute Gasteiger partial charge is 0.306 e. The Bertz CT molecular complexity index is 1140. The third-order valence-electron chi connectivity index (χ3n) is 5.42. The summed E-state index contributed by atoms with van der Waals surface area (Å²) in [6.07, 6.45) is 1.72. The average Bonchev–Trinajstić information content (AvgIpc) is 3.05. The SMILES string of the molecule is CC(CC(=O)C(C)(C)Sc1ncc(Br)n1-c1ccc(C(C)C)c2ccccc12)C(=O)O. The minimum Gasteiger partial charge on any atom is -0.481 e. The number of imidazole rings is 1. The topological polar surface area (TPSA) is 72.2 Å². The van der Waals surface area contributed by atoms with E-state index in [1.54, 1.807) is 13.1 Å². The van der Waals surface area contributed by atoms with Crippen LogP contribution in [0.25, 0.3) is 16.5 Å². The Balaban J connectivity index is 2.04. The molecule has 0 aliphatic carbocycles. The van der Waals surface area contributed by atoms with Gasteiger partial charge >= 0.3 is 5.97 Å². The van der Waals surface area contributed by atoms with Gasteiger partial charge in [0.25, 0.3) is 0 Å². The van der Waals surface area contributed by atoms with Gasteiger partial charge in [0.05, 0.1) is 22.5 Å². The van der Waals surface area contributed by atoms with Gasteiger partial charge in [0.15, 0.2) is 5.16 Å². The van der Waals surface area contributed by atoms with Crippen LogP contribution in [0.1, 0.15) is 52.5 Å². The molecule has 1 atom stereocenters. The first-order valence-electron chi connectivity index (χ1n) is 10.2. The van der Waals surface area contributed by atoms with Crippen LogP contribution in [0.15, 0.2) is 52.4 Å². The summed E-state index contributed by atoms with van der Waals surface area (Å²) in [5.41, 5.74) is 2.26. The molecular weight excluding hydrogens is 476 g/mol. The maximum Gasteiger partial charge on any atom is 0.306 e. The van der Waals surface area contributed by atoms with E-state index in [4.69, 9.17) is 5.11 Å². The Morgan fingerprint density at radius 3 is 2.39 bits per heavy atom. The minimum atomic E-state index is -0.963. The fourth-order valence-corrected chi connectivity index (χ4v) is 5.13. The number of Topliss-reactive ketones (excluding diaryl/α,β-unsaturated/α-hetero) is 1. The lowest BCUT2D eigenvalue weighted by molar-refractivity contribution is -0.143. The Kier molecular flexibility index (Phi) is 6.96. The molecule has 0 saturated heterocycles. The van der Waals surface area contributed by atoms with Crippen molar-refractivity contribution < 1.29 is 14.7 Å². The van der Waals surface area contributed by atoms with Crippen molar-refractivity contribution in [2.75, 3.05) is 0 Å². The molecule has 164 valence electrons. The van der Waals surface area contributed by atoms with E-state index in [2.05, 4.69) is 59.0 Å². The van der Waals surface area contributed by atoms with Gasteiger partial charge in [0.2, 0.25) is 0 Å². The predicted octanol–water partition coefficient (Wildman–Crippen LogP) is 6.46. The molecule has 1 heterocycles. The van der Waals surface area contributed by atoms with Crippen molar-refractivity contribution in [2.45, 2.75) is 56.9 Å². The Hall–Kier alpha value is -2.12. The fraction of sp³-hybridized carbons (Fsp3) is 0.375. The molecule has 5 nitrogen and oxygen atoms in total. The number of hydrogen-bond donors (Lipinski definition) is 1. The van der Waals surface area contributed by atoms with Gasteiger partial charge in [-0.3, -0.25) is 14.2 Å². The largest absolute Gasteiger partial charge is 0.481 e. The van der Waals surface area contributed by atoms with Crippen molar-refractivity contribution in [3.05, 3.63) is 52.8 Å². The summed E-state index contributed by atoms with van der Waals surface area (Å²) in [7, 11) is 0. The van der Waals surface area contributed by atoms with Crippen LogP contribution in [0.4, 0.5) is 0 Å². The van der Waals surface area contributed by atoms with Gasteiger partial charge < -0.3 is 5.11 Å². The Labute approximate surface area is 195 Å². The average molecular weight is 503 g/mol. The predicted molar refractivity (Wildman–Crippen MR) is 129 cm³/mol. The molecule has 0 aliphatic rings. The maximum atomic E-state index is 12.8. The highest BCUT2D eigenvalue weighted by molar-refractivity contribution is 9.10. The third kappa shape index (κ3) is 4.88. The highest BCUT2D eigenvalue weighted by Gasteiger charge is 2.33. The minimum absolute atomic E-state index is 0.0107. The molecule has 2 aromatic carbocycles. The van der Waals surface area contributed by atoms with Gasteiger partial charge in [-0.2, -0.15) is 0 Å². The molecule has 31 heavy (non-hydrogen) atoms. The lowest BCUT2D eigenvalue weighted by atomic mass is 9.95. The quantitative estimate of drug-likeness (QED) is 0.357. The maximum absolute atomic E-state index is 12.8. The second-order valence-corrected chi connectivity index (χ2v) is 11.0. The first kappa shape index (κ1) is 23.5. The number of aliphatic carboxylic acids is 1. The van der Waals surface area contributed by atoms with E-state index in [0.717, 1.165) is 15.7 Å². The summed E-state index contributed by atoms with van der Waals surface area (Å²) in [5, 5.41) is 12.1. The highest BCUT2D eigenvalue weighted by atomic mass is 79.9. The number of aromatic nitrogens is 2. The van der Waals surface area contributed by atoms with Crippen LogP contribution in [-0.2, 0) is 9.59 Å². The van der Waals surface area contributed by atoms with Crippen LogP contribution >= 0.6 is 27.7 Å². The summed E-state index contributed by atoms with van der Waals surface area (Å²) >= 11 is 4.96. The number of ketones is 1. The number of rotatable bonds is 8. The molecule has 0 bridgehead atoms. The number of nitrogens with zero attached hydrogens (tertiary/aromatic N) is 2. The number of carbonyl (C=O) groups excluding carboxylic acids is 1. The van der Waals surface area contributed by atoms with Gasteiger partial charge in [-0.05, 0) is 52.7 Å². The number of carboxylic acids is 1. The first-order chi connectivity index (χ1) is 14.5. The Morgan fingerprint density at radius 1 is 1.13 bits per heavy atom. The number of fused-ring (bicyclic) bond motifs is 1. The molecule has 3 rings (SSSR count). The van der Waals surface area contributed by atoms with E-state index in [1.807, 2.05) is 30.5 Å². The summed E-state index contributed by atoms with van der Waals surface area (Å²) in [4.78, 5) is 28.6. The Morgan fingerprint density at radius 2 is 1.77 bits per heavy atom. The molecule has 0 radical (unpaired) electrons. The number of hydrogen-bond acceptors (Lipinski definition) is 4. The molecule has 0 fully saturated rings. The van der Waals surface area contributed by atoms with Gasteiger partial charge in [0, 0.05) is 11.8 Å². The molecule has 7 heteroatoms. The molecule has 0 spiro atoms. The van der Waals surface area contributed by atoms with Crippen molar-refractivity contribution in [3.8, 4) is 5.69 Å². The molecule has 1 unspecified atom stereocenters. The highest BCUT2D eigenvalue weighted by Crippen LogP contribution is 2.39. The van der Waals surface area contributed by atoms with Gasteiger partial charge in [0.1, 0.15) is 10.4 Å². The zero-order valence-electron chi connectivity index (χ0n) is 18.3. The van der Waals surface area contributed by atoms with E-state index in [-0.39, 0.29) is 12.2 Å². The van der Waals surface area contributed by atoms with Crippen molar-refractivity contribution in [1.29, 1.82) is 0 Å². The van der Waals surface area contributed by atoms with Gasteiger partial charge in [-0.25, -0.2) is 4.98 Å². The number of carbonyl (C=O) groups is 2. The molecule has 0 amide bonds. The van der Waals surface area contributed by atoms with E-state index >= 15 is 0 Å². The zero-order valence-corrected chi connectivity index (χ0v) is 20.8. The molecule has 3 aromatic rings. The van der Waals surface area contributed by atoms with Gasteiger partial charge in [-0.15, -0.1) is 0 Å². The molecule has 0 saturated carbocycles. The lowest BCUT2D eigenvalue weighted by Crippen LogP contribution is -2.31. The van der Waals surface area contributed by atoms with E-state index < -0.39 is 16.6 Å². The van der Waals surface area contributed by atoms with Crippen molar-refractivity contribution in [1.82, 2.24) is 9.55 Å². The van der Waals surface area contributed by atoms with Crippen LogP contribution in [0.2, 0.25) is 0 Å². The fourth-order valence-electron chi connectivity index (χ4n) is 3.51. The van der Waals surface area contributed by atoms with Crippen LogP contribution in [0.3, 0.4) is 0 Å². The second kappa shape index (κ2) is 9.17. The van der Waals surface area contributed by atoms with Gasteiger partial charge in [-0.1, -0.05) is 62.9 Å². The standard InChI is InChI=1S/C24H27BrN2O3S/c1-14(2)16-10-11-19(18-9-7-6-8-17(16)18)27-21(25)13-26-23(27)31-24(4,5)20(28)12-15(3)22(29)30/h6-11,13-15H,12H2,1-5H3,(H,29,30). The summed E-state index contributed by atoms with van der Waals surface area (Å²) in [6.45, 7) is 9.56. The normalized spacial score (nSPS) is 13.0. The lowest BCUT2D eigenvalue weighted by Gasteiger charge is -2.24. The van der Waals surface area contributed by atoms with Crippen LogP contribution in [-0.4, -0.2) is 31.2 Å². The molecule has 0 aliphatic heterocycles. The monoisotopic (exact) mass is 502 g/mol. The molecule has 1 aromatic heterocycles. The van der Waals surface area contributed by atoms with Crippen molar-refractivity contribution in [2.24, 2.45) is 5.92 Å². The summed E-state index contributed by atoms with van der Waals surface area (Å²) in [5.74, 6) is -1.40. The van der Waals surface area contributed by atoms with Crippen molar-refractivity contribution >= 4 is 50.2 Å². The third-order valence-corrected chi connectivity index (χ3v) is 7.18.